The average molecular weight is 304 g/mol. The third-order valence-electron chi connectivity index (χ3n) is 2.63. The second-order valence-electron chi connectivity index (χ2n) is 4.28. The molecule has 2 rings (SSSR count). The zero-order chi connectivity index (χ0) is 14.2. The van der Waals surface area contributed by atoms with Gasteiger partial charge in [-0.15, -0.1) is 0 Å². The summed E-state index contributed by atoms with van der Waals surface area (Å²) in [7, 11) is 0. The van der Waals surface area contributed by atoms with E-state index >= 15 is 0 Å². The first kappa shape index (κ1) is 15.2. The summed E-state index contributed by atoms with van der Waals surface area (Å²) in [4.78, 5) is 2.83. The molecular weight excluding hydrogens is 287 g/mol. The molecule has 0 atom stereocenters. The predicted octanol–water partition coefficient (Wildman–Crippen LogP) is 6.51. The minimum Gasteiger partial charge on any atom is -0.198 e. The summed E-state index contributed by atoms with van der Waals surface area (Å²) in [6.07, 6.45) is 1.71. The van der Waals surface area contributed by atoms with E-state index in [2.05, 4.69) is 6.92 Å². The fourth-order valence-corrected chi connectivity index (χ4v) is 3.63. The molecule has 0 unspecified atom stereocenters. The van der Waals surface area contributed by atoms with Gasteiger partial charge in [-0.25, -0.2) is 0 Å². The van der Waals surface area contributed by atoms with E-state index in [4.69, 9.17) is 0 Å². The summed E-state index contributed by atoms with van der Waals surface area (Å²) in [5.74, 6) is 0. The molecule has 2 aromatic rings. The molecule has 0 nitrogen and oxygen atoms in total. The Balaban J connectivity index is 2.15. The van der Waals surface area contributed by atoms with Gasteiger partial charge in [0.05, 0.1) is 0 Å². The van der Waals surface area contributed by atoms with Crippen LogP contribution < -0.4 is 0 Å². The first-order valence-corrected chi connectivity index (χ1v) is 8.27. The molecule has 0 N–H and O–H groups in total. The van der Waals surface area contributed by atoms with E-state index in [1.165, 1.54) is 23.5 Å². The lowest BCUT2D eigenvalue weighted by Gasteiger charge is -2.08. The van der Waals surface area contributed by atoms with Crippen molar-refractivity contribution in [2.45, 2.75) is 29.6 Å². The SMILES string of the molecule is CCC/C(Sc1ccccc1)=C(/F)Sc1ccccc1. The van der Waals surface area contributed by atoms with Crippen molar-refractivity contribution in [2.24, 2.45) is 0 Å². The van der Waals surface area contributed by atoms with E-state index in [-0.39, 0.29) is 5.16 Å². The molecule has 0 saturated carbocycles. The molecule has 0 fully saturated rings. The third-order valence-corrected chi connectivity index (χ3v) is 4.83. The van der Waals surface area contributed by atoms with Crippen LogP contribution in [-0.2, 0) is 0 Å². The fraction of sp³-hybridized carbons (Fsp3) is 0.176. The van der Waals surface area contributed by atoms with Gasteiger partial charge in [0.15, 0.2) is 5.16 Å². The van der Waals surface area contributed by atoms with Crippen molar-refractivity contribution < 1.29 is 4.39 Å². The number of thioether (sulfide) groups is 2. The highest BCUT2D eigenvalue weighted by Gasteiger charge is 2.10. The van der Waals surface area contributed by atoms with Gasteiger partial charge in [-0.3, -0.25) is 0 Å². The zero-order valence-electron chi connectivity index (χ0n) is 11.4. The summed E-state index contributed by atoms with van der Waals surface area (Å²) in [6.45, 7) is 2.08. The van der Waals surface area contributed by atoms with E-state index < -0.39 is 0 Å². The topological polar surface area (TPSA) is 0 Å². The van der Waals surface area contributed by atoms with Gasteiger partial charge in [-0.1, -0.05) is 73.3 Å². The molecule has 2 aromatic carbocycles. The molecule has 0 aliphatic carbocycles. The Bertz CT molecular complexity index is 550. The highest BCUT2D eigenvalue weighted by atomic mass is 32.2. The molecule has 20 heavy (non-hydrogen) atoms. The lowest BCUT2D eigenvalue weighted by molar-refractivity contribution is 0.686. The standard InChI is InChI=1S/C17H17FS2/c1-2-9-16(19-14-10-5-3-6-11-14)17(18)20-15-12-7-4-8-13-15/h3-8,10-13H,2,9H2,1H3/b17-16+. The molecule has 0 aromatic heterocycles. The highest BCUT2D eigenvalue weighted by molar-refractivity contribution is 8.06. The van der Waals surface area contributed by atoms with Crippen LogP contribution in [0.4, 0.5) is 4.39 Å². The van der Waals surface area contributed by atoms with Crippen LogP contribution >= 0.6 is 23.5 Å². The molecule has 0 bridgehead atoms. The Hall–Kier alpha value is -1.19. The van der Waals surface area contributed by atoms with Gasteiger partial charge in [-0.05, 0) is 30.7 Å². The molecule has 0 aliphatic rings. The van der Waals surface area contributed by atoms with E-state index in [1.54, 1.807) is 0 Å². The molecule has 104 valence electrons. The van der Waals surface area contributed by atoms with Gasteiger partial charge in [0, 0.05) is 14.7 Å². The van der Waals surface area contributed by atoms with Crippen LogP contribution in [0.25, 0.3) is 0 Å². The molecule has 0 saturated heterocycles. The van der Waals surface area contributed by atoms with Crippen molar-refractivity contribution in [3.63, 3.8) is 0 Å². The second-order valence-corrected chi connectivity index (χ2v) is 6.48. The lowest BCUT2D eigenvalue weighted by atomic mass is 10.3. The van der Waals surface area contributed by atoms with Gasteiger partial charge in [0.2, 0.25) is 0 Å². The van der Waals surface area contributed by atoms with Crippen LogP contribution in [0.1, 0.15) is 19.8 Å². The molecule has 0 aliphatic heterocycles. The molecular formula is C17H17FS2. The monoisotopic (exact) mass is 304 g/mol. The lowest BCUT2D eigenvalue weighted by Crippen LogP contribution is -1.82. The Morgan fingerprint density at radius 3 is 1.85 bits per heavy atom. The maximum Gasteiger partial charge on any atom is 0.171 e. The third kappa shape index (κ3) is 4.73. The van der Waals surface area contributed by atoms with Crippen molar-refractivity contribution in [1.29, 1.82) is 0 Å². The van der Waals surface area contributed by atoms with Crippen molar-refractivity contribution in [1.82, 2.24) is 0 Å². The summed E-state index contributed by atoms with van der Waals surface area (Å²) in [5.41, 5.74) is 0. The van der Waals surface area contributed by atoms with Crippen molar-refractivity contribution >= 4 is 23.5 Å². The maximum atomic E-state index is 14.4. The largest absolute Gasteiger partial charge is 0.198 e. The molecule has 0 spiro atoms. The Morgan fingerprint density at radius 1 is 0.850 bits per heavy atom. The Morgan fingerprint density at radius 2 is 1.35 bits per heavy atom. The maximum absolute atomic E-state index is 14.4. The van der Waals surface area contributed by atoms with Crippen LogP contribution in [-0.4, -0.2) is 0 Å². The van der Waals surface area contributed by atoms with Crippen molar-refractivity contribution in [2.75, 3.05) is 0 Å². The van der Waals surface area contributed by atoms with Crippen molar-refractivity contribution in [3.8, 4) is 0 Å². The molecule has 0 heterocycles. The zero-order valence-corrected chi connectivity index (χ0v) is 13.0. The van der Waals surface area contributed by atoms with Crippen LogP contribution in [0.15, 0.2) is 80.5 Å². The van der Waals surface area contributed by atoms with Gasteiger partial charge in [0.25, 0.3) is 0 Å². The van der Waals surface area contributed by atoms with Crippen LogP contribution in [0.5, 0.6) is 0 Å². The molecule has 0 radical (unpaired) electrons. The minimum atomic E-state index is -0.0908. The number of benzene rings is 2. The second kappa shape index (κ2) is 8.18. The predicted molar refractivity (Wildman–Crippen MR) is 87.6 cm³/mol. The first-order chi connectivity index (χ1) is 9.79. The van der Waals surface area contributed by atoms with E-state index in [9.17, 15) is 4.39 Å². The van der Waals surface area contributed by atoms with Crippen molar-refractivity contribution in [3.05, 3.63) is 70.7 Å². The normalized spacial score (nSPS) is 12.1. The number of halogens is 1. The summed E-state index contributed by atoms with van der Waals surface area (Å²) in [5, 5.41) is -0.0908. The minimum absolute atomic E-state index is 0.0908. The van der Waals surface area contributed by atoms with Gasteiger partial charge in [0.1, 0.15) is 0 Å². The molecule has 0 amide bonds. The van der Waals surface area contributed by atoms with E-state index in [0.29, 0.717) is 0 Å². The molecule has 3 heteroatoms. The van der Waals surface area contributed by atoms with Gasteiger partial charge in [-0.2, -0.15) is 4.39 Å². The summed E-state index contributed by atoms with van der Waals surface area (Å²) >= 11 is 2.73. The number of allylic oxidation sites excluding steroid dienone is 1. The Kier molecular flexibility index (Phi) is 6.22. The Labute approximate surface area is 128 Å². The van der Waals surface area contributed by atoms with Crippen LogP contribution in [0.2, 0.25) is 0 Å². The van der Waals surface area contributed by atoms with E-state index in [0.717, 1.165) is 27.5 Å². The smallest absolute Gasteiger partial charge is 0.171 e. The fourth-order valence-electron chi connectivity index (χ4n) is 1.70. The quantitative estimate of drug-likeness (QED) is 0.558. The van der Waals surface area contributed by atoms with Gasteiger partial charge >= 0.3 is 0 Å². The van der Waals surface area contributed by atoms with Gasteiger partial charge < -0.3 is 0 Å². The highest BCUT2D eigenvalue weighted by Crippen LogP contribution is 2.39. The van der Waals surface area contributed by atoms with Crippen LogP contribution in [0, 0.1) is 0 Å². The summed E-state index contributed by atoms with van der Waals surface area (Å²) in [6, 6.07) is 19.6. The van der Waals surface area contributed by atoms with Crippen LogP contribution in [0.3, 0.4) is 0 Å². The summed E-state index contributed by atoms with van der Waals surface area (Å²) < 4.78 is 14.4. The number of hydrogen-bond acceptors (Lipinski definition) is 2. The van der Waals surface area contributed by atoms with E-state index in [1.807, 2.05) is 60.7 Å². The first-order valence-electron chi connectivity index (χ1n) is 6.64. The number of rotatable bonds is 6. The average Bonchev–Trinajstić information content (AvgIpc) is 2.49. The number of hydrogen-bond donors (Lipinski definition) is 0.